The Hall–Kier alpha value is -2.72. The SMILES string of the molecule is N#Cc1c(N[C@H]2CC[C@H](O)CC2)nc(Cc2ccccc2F)[nH]c1=O. The second-order valence-corrected chi connectivity index (χ2v) is 6.27. The molecule has 3 rings (SSSR count). The fraction of sp³-hybridized carbons (Fsp3) is 0.389. The molecule has 3 N–H and O–H groups in total. The van der Waals surface area contributed by atoms with Crippen molar-refractivity contribution in [3.63, 3.8) is 0 Å². The molecule has 0 amide bonds. The zero-order valence-corrected chi connectivity index (χ0v) is 13.6. The largest absolute Gasteiger partial charge is 0.393 e. The molecule has 1 aliphatic carbocycles. The quantitative estimate of drug-likeness (QED) is 0.790. The van der Waals surface area contributed by atoms with Crippen LogP contribution in [0.25, 0.3) is 0 Å². The summed E-state index contributed by atoms with van der Waals surface area (Å²) in [6.07, 6.45) is 2.66. The lowest BCUT2D eigenvalue weighted by molar-refractivity contribution is 0.126. The third-order valence-electron chi connectivity index (χ3n) is 4.43. The molecule has 7 heteroatoms. The first-order chi connectivity index (χ1) is 12.1. The van der Waals surface area contributed by atoms with Crippen LogP contribution in [-0.2, 0) is 6.42 Å². The number of rotatable bonds is 4. The zero-order chi connectivity index (χ0) is 17.8. The second-order valence-electron chi connectivity index (χ2n) is 6.27. The van der Waals surface area contributed by atoms with E-state index in [1.54, 1.807) is 18.2 Å². The number of anilines is 1. The molecule has 1 aromatic heterocycles. The smallest absolute Gasteiger partial charge is 0.271 e. The van der Waals surface area contributed by atoms with Gasteiger partial charge in [0, 0.05) is 12.5 Å². The Kier molecular flexibility index (Phi) is 5.10. The molecule has 0 atom stereocenters. The minimum absolute atomic E-state index is 0.0473. The van der Waals surface area contributed by atoms with Crippen LogP contribution in [0.5, 0.6) is 0 Å². The van der Waals surface area contributed by atoms with E-state index < -0.39 is 5.56 Å². The summed E-state index contributed by atoms with van der Waals surface area (Å²) in [6.45, 7) is 0. The number of aromatic amines is 1. The van der Waals surface area contributed by atoms with Crippen LogP contribution < -0.4 is 10.9 Å². The molecule has 0 bridgehead atoms. The Morgan fingerprint density at radius 1 is 1.32 bits per heavy atom. The average Bonchev–Trinajstić information content (AvgIpc) is 2.59. The highest BCUT2D eigenvalue weighted by Gasteiger charge is 2.22. The van der Waals surface area contributed by atoms with Crippen LogP contribution in [0.3, 0.4) is 0 Å². The molecule has 0 radical (unpaired) electrons. The number of nitrogens with zero attached hydrogens (tertiary/aromatic N) is 2. The number of nitriles is 1. The number of nitrogens with one attached hydrogen (secondary N) is 2. The first-order valence-electron chi connectivity index (χ1n) is 8.28. The molecule has 130 valence electrons. The van der Waals surface area contributed by atoms with E-state index in [4.69, 9.17) is 0 Å². The molecular weight excluding hydrogens is 323 g/mol. The molecular formula is C18H19FN4O2. The molecule has 0 spiro atoms. The van der Waals surface area contributed by atoms with Crippen molar-refractivity contribution in [3.05, 3.63) is 57.4 Å². The average molecular weight is 342 g/mol. The van der Waals surface area contributed by atoms with Crippen molar-refractivity contribution in [1.82, 2.24) is 9.97 Å². The predicted molar refractivity (Wildman–Crippen MR) is 90.7 cm³/mol. The van der Waals surface area contributed by atoms with Crippen molar-refractivity contribution in [3.8, 4) is 6.07 Å². The lowest BCUT2D eigenvalue weighted by atomic mass is 9.93. The molecule has 1 aromatic carbocycles. The van der Waals surface area contributed by atoms with E-state index >= 15 is 0 Å². The molecule has 1 heterocycles. The summed E-state index contributed by atoms with van der Waals surface area (Å²) in [6, 6.07) is 8.21. The number of aromatic nitrogens is 2. The van der Waals surface area contributed by atoms with Crippen molar-refractivity contribution < 1.29 is 9.50 Å². The van der Waals surface area contributed by atoms with Crippen LogP contribution in [0.15, 0.2) is 29.1 Å². The first-order valence-corrected chi connectivity index (χ1v) is 8.28. The number of benzene rings is 1. The van der Waals surface area contributed by atoms with Gasteiger partial charge in [-0.3, -0.25) is 4.79 Å². The summed E-state index contributed by atoms with van der Waals surface area (Å²) < 4.78 is 13.8. The first kappa shape index (κ1) is 17.1. The van der Waals surface area contributed by atoms with Gasteiger partial charge in [-0.1, -0.05) is 18.2 Å². The topological polar surface area (TPSA) is 102 Å². The monoisotopic (exact) mass is 342 g/mol. The Morgan fingerprint density at radius 3 is 2.72 bits per heavy atom. The van der Waals surface area contributed by atoms with Crippen LogP contribution in [0.1, 0.15) is 42.6 Å². The summed E-state index contributed by atoms with van der Waals surface area (Å²) >= 11 is 0. The van der Waals surface area contributed by atoms with Crippen LogP contribution in [0.2, 0.25) is 0 Å². The predicted octanol–water partition coefficient (Wildman–Crippen LogP) is 2.09. The molecule has 1 aliphatic rings. The van der Waals surface area contributed by atoms with E-state index in [9.17, 15) is 19.6 Å². The summed E-state index contributed by atoms with van der Waals surface area (Å²) in [4.78, 5) is 19.1. The van der Waals surface area contributed by atoms with Crippen LogP contribution in [0, 0.1) is 17.1 Å². The maximum absolute atomic E-state index is 13.8. The van der Waals surface area contributed by atoms with Gasteiger partial charge in [0.25, 0.3) is 5.56 Å². The van der Waals surface area contributed by atoms with Crippen LogP contribution >= 0.6 is 0 Å². The van der Waals surface area contributed by atoms with Gasteiger partial charge in [0.2, 0.25) is 0 Å². The Balaban J connectivity index is 1.86. The van der Waals surface area contributed by atoms with Crippen molar-refractivity contribution in [2.75, 3.05) is 5.32 Å². The maximum Gasteiger partial charge on any atom is 0.271 e. The maximum atomic E-state index is 13.8. The number of hydrogen-bond donors (Lipinski definition) is 3. The van der Waals surface area contributed by atoms with Gasteiger partial charge in [0.05, 0.1) is 6.10 Å². The van der Waals surface area contributed by atoms with E-state index in [1.807, 2.05) is 6.07 Å². The molecule has 2 aromatic rings. The van der Waals surface area contributed by atoms with E-state index in [2.05, 4.69) is 15.3 Å². The molecule has 25 heavy (non-hydrogen) atoms. The van der Waals surface area contributed by atoms with Crippen molar-refractivity contribution in [2.24, 2.45) is 0 Å². The fourth-order valence-corrected chi connectivity index (χ4v) is 3.05. The van der Waals surface area contributed by atoms with Gasteiger partial charge >= 0.3 is 0 Å². The van der Waals surface area contributed by atoms with Crippen molar-refractivity contribution >= 4 is 5.82 Å². The van der Waals surface area contributed by atoms with Gasteiger partial charge in [0.1, 0.15) is 17.7 Å². The highest BCUT2D eigenvalue weighted by atomic mass is 19.1. The third-order valence-corrected chi connectivity index (χ3v) is 4.43. The summed E-state index contributed by atoms with van der Waals surface area (Å²) in [5, 5.41) is 22.0. The molecule has 1 saturated carbocycles. The number of aliphatic hydroxyl groups is 1. The fourth-order valence-electron chi connectivity index (χ4n) is 3.05. The van der Waals surface area contributed by atoms with Crippen molar-refractivity contribution in [2.45, 2.75) is 44.2 Å². The van der Waals surface area contributed by atoms with E-state index in [1.165, 1.54) is 6.07 Å². The third kappa shape index (κ3) is 4.03. The lowest BCUT2D eigenvalue weighted by Gasteiger charge is -2.26. The van der Waals surface area contributed by atoms with Gasteiger partial charge < -0.3 is 15.4 Å². The van der Waals surface area contributed by atoms with Gasteiger partial charge in [-0.25, -0.2) is 9.37 Å². The molecule has 6 nitrogen and oxygen atoms in total. The minimum Gasteiger partial charge on any atom is -0.393 e. The highest BCUT2D eigenvalue weighted by Crippen LogP contribution is 2.22. The minimum atomic E-state index is -0.540. The second kappa shape index (κ2) is 7.45. The summed E-state index contributed by atoms with van der Waals surface area (Å²) in [5.41, 5.74) is -0.201. The number of hydrogen-bond acceptors (Lipinski definition) is 5. The lowest BCUT2D eigenvalue weighted by Crippen LogP contribution is -2.30. The molecule has 0 saturated heterocycles. The normalized spacial score (nSPS) is 20.0. The zero-order valence-electron chi connectivity index (χ0n) is 13.6. The standard InChI is InChI=1S/C18H19FN4O2/c19-15-4-2-1-3-11(15)9-16-22-17(14(10-20)18(25)23-16)21-12-5-7-13(24)8-6-12/h1-4,12-13,24H,5-9H2,(H2,21,22,23,25)/t12-,13-. The van der Waals surface area contributed by atoms with Crippen LogP contribution in [0.4, 0.5) is 10.2 Å². The van der Waals surface area contributed by atoms with E-state index in [0.717, 1.165) is 12.8 Å². The van der Waals surface area contributed by atoms with Gasteiger partial charge in [-0.2, -0.15) is 5.26 Å². The molecule has 0 unspecified atom stereocenters. The molecule has 0 aliphatic heterocycles. The Labute approximate surface area is 144 Å². The molecule has 1 fully saturated rings. The number of halogens is 1. The van der Waals surface area contributed by atoms with Gasteiger partial charge in [-0.15, -0.1) is 0 Å². The Bertz CT molecular complexity index is 851. The number of aliphatic hydroxyl groups excluding tert-OH is 1. The highest BCUT2D eigenvalue weighted by molar-refractivity contribution is 5.51. The van der Waals surface area contributed by atoms with Crippen LogP contribution in [-0.4, -0.2) is 27.2 Å². The van der Waals surface area contributed by atoms with E-state index in [-0.39, 0.29) is 35.8 Å². The summed E-state index contributed by atoms with van der Waals surface area (Å²) in [5.74, 6) is 0.150. The number of H-pyrrole nitrogens is 1. The summed E-state index contributed by atoms with van der Waals surface area (Å²) in [7, 11) is 0. The Morgan fingerprint density at radius 2 is 2.04 bits per heavy atom. The van der Waals surface area contributed by atoms with Gasteiger partial charge in [-0.05, 0) is 37.3 Å². The van der Waals surface area contributed by atoms with Crippen molar-refractivity contribution in [1.29, 1.82) is 5.26 Å². The van der Waals surface area contributed by atoms with Gasteiger partial charge in [0.15, 0.2) is 11.4 Å². The van der Waals surface area contributed by atoms with E-state index in [0.29, 0.717) is 24.2 Å².